The van der Waals surface area contributed by atoms with E-state index in [1.165, 1.54) is 16.7 Å². The van der Waals surface area contributed by atoms with Crippen molar-refractivity contribution in [2.75, 3.05) is 0 Å². The van der Waals surface area contributed by atoms with Gasteiger partial charge in [0.15, 0.2) is 11.6 Å². The van der Waals surface area contributed by atoms with Gasteiger partial charge in [0.1, 0.15) is 17.1 Å². The lowest BCUT2D eigenvalue weighted by atomic mass is 9.66. The molecule has 1 rings (SSSR count). The molecule has 0 aromatic heterocycles. The molecule has 45 heavy (non-hydrogen) atoms. The maximum absolute atomic E-state index is 14.5. The van der Waals surface area contributed by atoms with Crippen LogP contribution in [0, 0.1) is 11.3 Å². The van der Waals surface area contributed by atoms with Gasteiger partial charge < -0.3 is 10.2 Å². The SMILES string of the molecule is CC(C)=CCC/C(C)=C/CC1=C(O)C(C/C=C(\C)CCC=C(C)C)(C/C=C(\C)CCC=C(C)C)C(=O)C(C(=O)CC(C)C)=C1O. The third-order valence-electron chi connectivity index (χ3n) is 8.32. The van der Waals surface area contributed by atoms with E-state index in [1.807, 2.05) is 39.0 Å². The van der Waals surface area contributed by atoms with Gasteiger partial charge in [0.2, 0.25) is 0 Å². The Labute approximate surface area is 275 Å². The Bertz CT molecular complexity index is 1250. The minimum absolute atomic E-state index is 0.0228. The van der Waals surface area contributed by atoms with Crippen LogP contribution in [0.3, 0.4) is 0 Å². The van der Waals surface area contributed by atoms with Crippen LogP contribution in [-0.4, -0.2) is 21.8 Å². The van der Waals surface area contributed by atoms with E-state index >= 15 is 0 Å². The predicted molar refractivity (Wildman–Crippen MR) is 192 cm³/mol. The van der Waals surface area contributed by atoms with Crippen molar-refractivity contribution < 1.29 is 19.8 Å². The van der Waals surface area contributed by atoms with Crippen molar-refractivity contribution in [3.63, 3.8) is 0 Å². The normalized spacial score (nSPS) is 15.9. The molecule has 0 aromatic rings. The molecule has 250 valence electrons. The van der Waals surface area contributed by atoms with E-state index in [9.17, 15) is 19.8 Å². The molecule has 0 atom stereocenters. The smallest absolute Gasteiger partial charge is 0.184 e. The zero-order valence-electron chi connectivity index (χ0n) is 30.3. The first-order valence-corrected chi connectivity index (χ1v) is 16.8. The molecule has 2 N–H and O–H groups in total. The fraction of sp³-hybridized carbons (Fsp3) is 0.561. The number of ketones is 2. The van der Waals surface area contributed by atoms with E-state index in [0.717, 1.165) is 55.2 Å². The van der Waals surface area contributed by atoms with Crippen molar-refractivity contribution >= 4 is 11.6 Å². The van der Waals surface area contributed by atoms with Crippen LogP contribution in [0.5, 0.6) is 0 Å². The lowest BCUT2D eigenvalue weighted by Crippen LogP contribution is -2.41. The van der Waals surface area contributed by atoms with Crippen molar-refractivity contribution in [3.8, 4) is 0 Å². The van der Waals surface area contributed by atoms with Gasteiger partial charge in [0.05, 0.1) is 5.41 Å². The van der Waals surface area contributed by atoms with Crippen LogP contribution < -0.4 is 0 Å². The van der Waals surface area contributed by atoms with E-state index in [0.29, 0.717) is 0 Å². The minimum atomic E-state index is -1.36. The summed E-state index contributed by atoms with van der Waals surface area (Å²) >= 11 is 0. The molecule has 0 aromatic carbocycles. The highest BCUT2D eigenvalue weighted by Crippen LogP contribution is 2.47. The largest absolute Gasteiger partial charge is 0.511 e. The molecule has 0 unspecified atom stereocenters. The van der Waals surface area contributed by atoms with Gasteiger partial charge >= 0.3 is 0 Å². The summed E-state index contributed by atoms with van der Waals surface area (Å²) in [6.07, 6.45) is 18.9. The molecule has 4 nitrogen and oxygen atoms in total. The van der Waals surface area contributed by atoms with E-state index in [-0.39, 0.29) is 60.0 Å². The van der Waals surface area contributed by atoms with E-state index < -0.39 is 11.2 Å². The number of carbonyl (C=O) groups excluding carboxylic acids is 2. The van der Waals surface area contributed by atoms with Gasteiger partial charge in [-0.3, -0.25) is 9.59 Å². The molecule has 0 radical (unpaired) electrons. The topological polar surface area (TPSA) is 74.6 Å². The van der Waals surface area contributed by atoms with E-state index in [1.54, 1.807) is 0 Å². The average Bonchev–Trinajstić information content (AvgIpc) is 2.91. The van der Waals surface area contributed by atoms with Gasteiger partial charge in [-0.1, -0.05) is 83.7 Å². The number of aliphatic hydroxyl groups is 2. The molecule has 1 aliphatic carbocycles. The number of aliphatic hydroxyl groups excluding tert-OH is 2. The maximum Gasteiger partial charge on any atom is 0.184 e. The van der Waals surface area contributed by atoms with Crippen molar-refractivity contribution in [1.82, 2.24) is 0 Å². The highest BCUT2D eigenvalue weighted by atomic mass is 16.3. The zero-order chi connectivity index (χ0) is 34.3. The molecule has 1 aliphatic rings. The van der Waals surface area contributed by atoms with Gasteiger partial charge in [-0.25, -0.2) is 0 Å². The lowest BCUT2D eigenvalue weighted by Gasteiger charge is -2.36. The van der Waals surface area contributed by atoms with Crippen molar-refractivity contribution in [1.29, 1.82) is 0 Å². The third kappa shape index (κ3) is 13.4. The molecule has 0 spiro atoms. The number of hydrogen-bond donors (Lipinski definition) is 2. The van der Waals surface area contributed by atoms with Crippen LogP contribution in [0.4, 0.5) is 0 Å². The number of rotatable bonds is 18. The van der Waals surface area contributed by atoms with Gasteiger partial charge in [0, 0.05) is 12.0 Å². The second kappa shape index (κ2) is 19.4. The Balaban J connectivity index is 3.79. The zero-order valence-corrected chi connectivity index (χ0v) is 30.3. The first kappa shape index (κ1) is 39.9. The lowest BCUT2D eigenvalue weighted by molar-refractivity contribution is -0.128. The van der Waals surface area contributed by atoms with Gasteiger partial charge in [-0.05, 0) is 126 Å². The van der Waals surface area contributed by atoms with Gasteiger partial charge in [-0.2, -0.15) is 0 Å². The Morgan fingerprint density at radius 1 is 0.667 bits per heavy atom. The van der Waals surface area contributed by atoms with Gasteiger partial charge in [0.25, 0.3) is 0 Å². The molecule has 0 heterocycles. The van der Waals surface area contributed by atoms with E-state index in [4.69, 9.17) is 0 Å². The number of carbonyl (C=O) groups is 2. The number of hydrogen-bond acceptors (Lipinski definition) is 4. The summed E-state index contributed by atoms with van der Waals surface area (Å²) in [4.78, 5) is 28.1. The summed E-state index contributed by atoms with van der Waals surface area (Å²) in [6, 6.07) is 0. The standard InChI is InChI=1S/C41H62O4/c1-28(2)15-12-18-32(9)21-22-35-38(43)37(36(42)27-31(7)8)40(45)41(39(35)44,25-23-33(10)19-13-16-29(3)4)26-24-34(11)20-14-17-30(5)6/h15-17,21,23-24,31,43-44H,12-14,18-20,22,25-27H2,1-11H3/b32-21+,33-23+,34-24+. The van der Waals surface area contributed by atoms with Crippen molar-refractivity contribution in [3.05, 3.63) is 92.6 Å². The molecule has 0 bridgehead atoms. The average molecular weight is 619 g/mol. The fourth-order valence-electron chi connectivity index (χ4n) is 5.44. The monoisotopic (exact) mass is 618 g/mol. The van der Waals surface area contributed by atoms with Crippen molar-refractivity contribution in [2.45, 2.75) is 140 Å². The summed E-state index contributed by atoms with van der Waals surface area (Å²) in [5, 5.41) is 23.5. The molecule has 0 saturated carbocycles. The van der Waals surface area contributed by atoms with Crippen LogP contribution in [0.25, 0.3) is 0 Å². The first-order valence-electron chi connectivity index (χ1n) is 16.8. The summed E-state index contributed by atoms with van der Waals surface area (Å²) in [5.41, 5.74) is 5.95. The van der Waals surface area contributed by atoms with Crippen LogP contribution in [0.2, 0.25) is 0 Å². The summed E-state index contributed by atoms with van der Waals surface area (Å²) < 4.78 is 0. The minimum Gasteiger partial charge on any atom is -0.511 e. The van der Waals surface area contributed by atoms with Crippen LogP contribution in [0.15, 0.2) is 92.6 Å². The third-order valence-corrected chi connectivity index (χ3v) is 8.32. The van der Waals surface area contributed by atoms with Crippen LogP contribution in [0.1, 0.15) is 140 Å². The molecule has 0 amide bonds. The Morgan fingerprint density at radius 2 is 1.07 bits per heavy atom. The molecule has 4 heteroatoms. The molecule has 0 aliphatic heterocycles. The fourth-order valence-corrected chi connectivity index (χ4v) is 5.44. The van der Waals surface area contributed by atoms with Crippen molar-refractivity contribution in [2.24, 2.45) is 11.3 Å². The summed E-state index contributed by atoms with van der Waals surface area (Å²) in [5.74, 6) is -1.28. The summed E-state index contributed by atoms with van der Waals surface area (Å²) in [7, 11) is 0. The van der Waals surface area contributed by atoms with Crippen LogP contribution >= 0.6 is 0 Å². The quantitative estimate of drug-likeness (QED) is 0.118. The molecule has 0 fully saturated rings. The predicted octanol–water partition coefficient (Wildman–Crippen LogP) is 12.0. The highest BCUT2D eigenvalue weighted by Gasteiger charge is 2.50. The molecular formula is C41H62O4. The Hall–Kier alpha value is -3.14. The van der Waals surface area contributed by atoms with Gasteiger partial charge in [-0.15, -0.1) is 0 Å². The maximum atomic E-state index is 14.5. The molecule has 0 saturated heterocycles. The first-order chi connectivity index (χ1) is 21.0. The molecular weight excluding hydrogens is 556 g/mol. The number of Topliss-reactive ketones (excluding diaryl/α,β-unsaturated/α-hetero) is 2. The second-order valence-electron chi connectivity index (χ2n) is 14.2. The Morgan fingerprint density at radius 3 is 1.44 bits per heavy atom. The van der Waals surface area contributed by atoms with Crippen LogP contribution in [-0.2, 0) is 9.59 Å². The Kier molecular flexibility index (Phi) is 17.2. The highest BCUT2D eigenvalue weighted by molar-refractivity contribution is 6.24. The van der Waals surface area contributed by atoms with E-state index in [2.05, 4.69) is 73.6 Å². The number of allylic oxidation sites excluding steroid dienone is 15. The second-order valence-corrected chi connectivity index (χ2v) is 14.2. The summed E-state index contributed by atoms with van der Waals surface area (Å²) in [6.45, 7) is 22.5.